The van der Waals surface area contributed by atoms with E-state index in [1.807, 2.05) is 0 Å². The van der Waals surface area contributed by atoms with Crippen LogP contribution in [0.5, 0.6) is 0 Å². The van der Waals surface area contributed by atoms with E-state index in [9.17, 15) is 13.2 Å². The number of carbonyl (C=O) groups is 1. The summed E-state index contributed by atoms with van der Waals surface area (Å²) < 4.78 is 23.5. The summed E-state index contributed by atoms with van der Waals surface area (Å²) >= 11 is 3.20. The zero-order chi connectivity index (χ0) is 15.1. The van der Waals surface area contributed by atoms with Gasteiger partial charge in [-0.3, -0.25) is 4.79 Å². The lowest BCUT2D eigenvalue weighted by Gasteiger charge is -2.17. The van der Waals surface area contributed by atoms with Crippen molar-refractivity contribution in [2.45, 2.75) is 25.2 Å². The molecule has 0 radical (unpaired) electrons. The van der Waals surface area contributed by atoms with Crippen molar-refractivity contribution in [3.8, 4) is 0 Å². The first-order chi connectivity index (χ1) is 9.20. The molecule has 1 aliphatic heterocycles. The molecule has 4 nitrogen and oxygen atoms in total. The van der Waals surface area contributed by atoms with Crippen molar-refractivity contribution in [1.82, 2.24) is 4.90 Å². The number of halogens is 2. The predicted molar refractivity (Wildman–Crippen MR) is 81.6 cm³/mol. The summed E-state index contributed by atoms with van der Waals surface area (Å²) in [7, 11) is 1.52. The highest BCUT2D eigenvalue weighted by molar-refractivity contribution is 9.10. The Morgan fingerprint density at radius 2 is 2.10 bits per heavy atom. The molecule has 1 aromatic carbocycles. The molecule has 1 fully saturated rings. The molecule has 0 aromatic heterocycles. The first-order valence-electron chi connectivity index (χ1n) is 6.24. The predicted octanol–water partition coefficient (Wildman–Crippen LogP) is 3.17. The molecule has 1 saturated heterocycles. The highest BCUT2D eigenvalue weighted by atomic mass is 79.9. The van der Waals surface area contributed by atoms with E-state index in [0.29, 0.717) is 34.6 Å². The van der Waals surface area contributed by atoms with Gasteiger partial charge in [0.15, 0.2) is 0 Å². The second-order valence-corrected chi connectivity index (χ2v) is 8.52. The molecule has 1 atom stereocenters. The number of hydrogen-bond acceptors (Lipinski definition) is 3. The van der Waals surface area contributed by atoms with Gasteiger partial charge in [-0.15, -0.1) is 0 Å². The normalized spacial score (nSPS) is 19.4. The second-order valence-electron chi connectivity index (χ2n) is 5.19. The van der Waals surface area contributed by atoms with Gasteiger partial charge in [0.1, 0.15) is 0 Å². The molecule has 7 heteroatoms. The van der Waals surface area contributed by atoms with Crippen molar-refractivity contribution in [2.24, 2.45) is 5.92 Å². The minimum atomic E-state index is -3.89. The molecule has 1 heterocycles. The summed E-state index contributed by atoms with van der Waals surface area (Å²) in [4.78, 5) is 14.1. The summed E-state index contributed by atoms with van der Waals surface area (Å²) in [5.74, 6) is 0.332. The first kappa shape index (κ1) is 15.8. The number of rotatable bonds is 2. The number of aryl methyl sites for hydroxylation is 1. The van der Waals surface area contributed by atoms with Crippen LogP contribution in [-0.4, -0.2) is 32.3 Å². The number of nitrogens with zero attached hydrogens (tertiary/aromatic N) is 1. The maximum Gasteiger partial charge on any atom is 0.262 e. The molecule has 0 saturated carbocycles. The van der Waals surface area contributed by atoms with Crippen LogP contribution in [0.3, 0.4) is 0 Å². The van der Waals surface area contributed by atoms with E-state index in [1.165, 1.54) is 6.07 Å². The van der Waals surface area contributed by atoms with E-state index in [-0.39, 0.29) is 10.8 Å². The lowest BCUT2D eigenvalue weighted by molar-refractivity contribution is 0.0787. The third-order valence-corrected chi connectivity index (χ3v) is 6.10. The van der Waals surface area contributed by atoms with Gasteiger partial charge in [-0.2, -0.15) is 0 Å². The monoisotopic (exact) mass is 379 g/mol. The number of amides is 1. The van der Waals surface area contributed by atoms with Crippen molar-refractivity contribution < 1.29 is 13.2 Å². The van der Waals surface area contributed by atoms with Crippen LogP contribution >= 0.6 is 26.6 Å². The Morgan fingerprint density at radius 3 is 2.60 bits per heavy atom. The van der Waals surface area contributed by atoms with Crippen molar-refractivity contribution >= 4 is 41.6 Å². The van der Waals surface area contributed by atoms with E-state index in [0.717, 1.165) is 6.42 Å². The van der Waals surface area contributed by atoms with Gasteiger partial charge in [0, 0.05) is 33.8 Å². The summed E-state index contributed by atoms with van der Waals surface area (Å²) in [6.45, 7) is 5.24. The second kappa shape index (κ2) is 5.66. The Hall–Kier alpha value is -0.590. The standard InChI is InChI=1S/C13H15BrClNO3S/c1-8-3-4-16(7-8)13(17)10-5-9(2)12(14)11(6-10)20(15,18)19/h5-6,8H,3-4,7H2,1-2H3. The lowest BCUT2D eigenvalue weighted by atomic mass is 10.1. The van der Waals surface area contributed by atoms with Gasteiger partial charge in [0.25, 0.3) is 15.0 Å². The molecule has 0 bridgehead atoms. The largest absolute Gasteiger partial charge is 0.338 e. The van der Waals surface area contributed by atoms with Gasteiger partial charge in [-0.05, 0) is 52.9 Å². The minimum Gasteiger partial charge on any atom is -0.338 e. The fourth-order valence-corrected chi connectivity index (χ4v) is 4.50. The Balaban J connectivity index is 2.43. The van der Waals surface area contributed by atoms with Crippen LogP contribution in [0.15, 0.2) is 21.5 Å². The summed E-state index contributed by atoms with van der Waals surface area (Å²) in [5.41, 5.74) is 1.03. The molecule has 1 aromatic rings. The van der Waals surface area contributed by atoms with E-state index in [2.05, 4.69) is 22.9 Å². The van der Waals surface area contributed by atoms with Crippen molar-refractivity contribution in [1.29, 1.82) is 0 Å². The van der Waals surface area contributed by atoms with Gasteiger partial charge in [-0.25, -0.2) is 8.42 Å². The summed E-state index contributed by atoms with van der Waals surface area (Å²) in [5, 5.41) is 0. The molecular weight excluding hydrogens is 366 g/mol. The molecule has 20 heavy (non-hydrogen) atoms. The van der Waals surface area contributed by atoms with Crippen LogP contribution < -0.4 is 0 Å². The molecule has 2 rings (SSSR count). The van der Waals surface area contributed by atoms with Gasteiger partial charge in [0.05, 0.1) is 4.90 Å². The van der Waals surface area contributed by atoms with Crippen molar-refractivity contribution in [2.75, 3.05) is 13.1 Å². The van der Waals surface area contributed by atoms with Crippen LogP contribution in [0.2, 0.25) is 0 Å². The zero-order valence-corrected chi connectivity index (χ0v) is 14.3. The van der Waals surface area contributed by atoms with E-state index in [4.69, 9.17) is 10.7 Å². The van der Waals surface area contributed by atoms with E-state index in [1.54, 1.807) is 17.9 Å². The maximum atomic E-state index is 12.4. The van der Waals surface area contributed by atoms with Crippen LogP contribution in [0, 0.1) is 12.8 Å². The number of likely N-dealkylation sites (tertiary alicyclic amines) is 1. The first-order valence-corrected chi connectivity index (χ1v) is 9.34. The minimum absolute atomic E-state index is 0.0604. The average Bonchev–Trinajstić information content (AvgIpc) is 2.76. The van der Waals surface area contributed by atoms with Gasteiger partial charge < -0.3 is 4.90 Å². The Labute approximate surface area is 131 Å². The molecule has 110 valence electrons. The van der Waals surface area contributed by atoms with Crippen LogP contribution in [0.4, 0.5) is 0 Å². The summed E-state index contributed by atoms with van der Waals surface area (Å²) in [6, 6.07) is 3.02. The van der Waals surface area contributed by atoms with Gasteiger partial charge in [-0.1, -0.05) is 6.92 Å². The Bertz CT molecular complexity index is 660. The number of benzene rings is 1. The Kier molecular flexibility index (Phi) is 4.47. The van der Waals surface area contributed by atoms with E-state index < -0.39 is 9.05 Å². The average molecular weight is 381 g/mol. The van der Waals surface area contributed by atoms with Gasteiger partial charge in [0.2, 0.25) is 0 Å². The highest BCUT2D eigenvalue weighted by Gasteiger charge is 2.26. The molecule has 1 unspecified atom stereocenters. The maximum absolute atomic E-state index is 12.4. The number of hydrogen-bond donors (Lipinski definition) is 0. The van der Waals surface area contributed by atoms with Gasteiger partial charge >= 0.3 is 0 Å². The highest BCUT2D eigenvalue weighted by Crippen LogP contribution is 2.30. The van der Waals surface area contributed by atoms with Crippen LogP contribution in [0.1, 0.15) is 29.3 Å². The smallest absolute Gasteiger partial charge is 0.262 e. The molecular formula is C13H15BrClNO3S. The summed E-state index contributed by atoms with van der Waals surface area (Å²) in [6.07, 6.45) is 0.974. The third kappa shape index (κ3) is 3.18. The van der Waals surface area contributed by atoms with Crippen molar-refractivity contribution in [3.63, 3.8) is 0 Å². The Morgan fingerprint density at radius 1 is 1.45 bits per heavy atom. The molecule has 0 aliphatic carbocycles. The molecule has 0 spiro atoms. The van der Waals surface area contributed by atoms with E-state index >= 15 is 0 Å². The fourth-order valence-electron chi connectivity index (χ4n) is 2.34. The van der Waals surface area contributed by atoms with Crippen LogP contribution in [0.25, 0.3) is 0 Å². The fraction of sp³-hybridized carbons (Fsp3) is 0.462. The molecule has 1 amide bonds. The quantitative estimate of drug-likeness (QED) is 0.741. The third-order valence-electron chi connectivity index (χ3n) is 3.44. The molecule has 1 aliphatic rings. The zero-order valence-electron chi connectivity index (χ0n) is 11.2. The van der Waals surface area contributed by atoms with Crippen LogP contribution in [-0.2, 0) is 9.05 Å². The number of carbonyl (C=O) groups excluding carboxylic acids is 1. The van der Waals surface area contributed by atoms with Crippen molar-refractivity contribution in [3.05, 3.63) is 27.7 Å². The topological polar surface area (TPSA) is 54.5 Å². The lowest BCUT2D eigenvalue weighted by Crippen LogP contribution is -2.28. The molecule has 0 N–H and O–H groups in total. The SMILES string of the molecule is Cc1cc(C(=O)N2CCC(C)C2)cc(S(=O)(=O)Cl)c1Br.